The summed E-state index contributed by atoms with van der Waals surface area (Å²) in [4.78, 5) is 0. The molecule has 0 saturated carbocycles. The summed E-state index contributed by atoms with van der Waals surface area (Å²) >= 11 is 6.22. The third kappa shape index (κ3) is 3.72. The van der Waals surface area contributed by atoms with Crippen molar-refractivity contribution < 1.29 is 4.74 Å². The Labute approximate surface area is 119 Å². The smallest absolute Gasteiger partial charge is 0.119 e. The Morgan fingerprint density at radius 1 is 1.16 bits per heavy atom. The average molecular weight is 276 g/mol. The molecular weight excluding hydrogens is 258 g/mol. The van der Waals surface area contributed by atoms with Gasteiger partial charge in [0, 0.05) is 11.1 Å². The fourth-order valence-corrected chi connectivity index (χ4v) is 2.30. The number of benzene rings is 2. The van der Waals surface area contributed by atoms with Gasteiger partial charge >= 0.3 is 0 Å². The van der Waals surface area contributed by atoms with Crippen molar-refractivity contribution >= 4 is 11.6 Å². The van der Waals surface area contributed by atoms with E-state index in [0.717, 1.165) is 17.7 Å². The predicted molar refractivity (Wildman–Crippen MR) is 79.7 cm³/mol. The van der Waals surface area contributed by atoms with Crippen LogP contribution in [-0.4, -0.2) is 6.61 Å². The molecule has 3 heteroatoms. The van der Waals surface area contributed by atoms with E-state index in [1.807, 2.05) is 43.3 Å². The Morgan fingerprint density at radius 3 is 2.58 bits per heavy atom. The van der Waals surface area contributed by atoms with Crippen LogP contribution in [0.3, 0.4) is 0 Å². The van der Waals surface area contributed by atoms with Gasteiger partial charge in [-0.05, 0) is 42.7 Å². The molecule has 0 amide bonds. The van der Waals surface area contributed by atoms with Crippen LogP contribution in [0.4, 0.5) is 0 Å². The van der Waals surface area contributed by atoms with Crippen molar-refractivity contribution in [1.29, 1.82) is 0 Å². The Kier molecular flexibility index (Phi) is 4.83. The molecule has 0 spiro atoms. The second-order valence-corrected chi connectivity index (χ2v) is 4.82. The zero-order valence-electron chi connectivity index (χ0n) is 11.0. The summed E-state index contributed by atoms with van der Waals surface area (Å²) in [6, 6.07) is 15.7. The lowest BCUT2D eigenvalue weighted by Gasteiger charge is -2.15. The molecular formula is C16H18ClNO. The first-order valence-corrected chi connectivity index (χ1v) is 6.80. The van der Waals surface area contributed by atoms with Crippen molar-refractivity contribution in [3.05, 3.63) is 64.7 Å². The Bertz CT molecular complexity index is 528. The second-order valence-electron chi connectivity index (χ2n) is 4.41. The van der Waals surface area contributed by atoms with E-state index in [2.05, 4.69) is 12.1 Å². The first-order chi connectivity index (χ1) is 9.20. The number of rotatable bonds is 5. The van der Waals surface area contributed by atoms with E-state index in [4.69, 9.17) is 22.1 Å². The topological polar surface area (TPSA) is 35.2 Å². The maximum absolute atomic E-state index is 6.25. The van der Waals surface area contributed by atoms with Gasteiger partial charge in [0.05, 0.1) is 6.61 Å². The van der Waals surface area contributed by atoms with Crippen molar-refractivity contribution in [2.45, 2.75) is 19.4 Å². The number of nitrogens with two attached hydrogens (primary N) is 1. The van der Waals surface area contributed by atoms with E-state index in [-0.39, 0.29) is 6.04 Å². The van der Waals surface area contributed by atoms with E-state index in [1.165, 1.54) is 5.56 Å². The summed E-state index contributed by atoms with van der Waals surface area (Å²) in [5, 5.41) is 0.687. The Morgan fingerprint density at radius 2 is 1.89 bits per heavy atom. The lowest BCUT2D eigenvalue weighted by molar-refractivity contribution is 0.339. The van der Waals surface area contributed by atoms with E-state index < -0.39 is 0 Å². The van der Waals surface area contributed by atoms with Crippen LogP contribution in [0.25, 0.3) is 0 Å². The number of ether oxygens (including phenoxy) is 1. The fraction of sp³-hybridized carbons (Fsp3) is 0.250. The maximum Gasteiger partial charge on any atom is 0.119 e. The molecule has 2 aromatic rings. The van der Waals surface area contributed by atoms with Crippen LogP contribution in [0, 0.1) is 0 Å². The van der Waals surface area contributed by atoms with Gasteiger partial charge in [0.25, 0.3) is 0 Å². The fourth-order valence-electron chi connectivity index (χ4n) is 2.04. The van der Waals surface area contributed by atoms with Gasteiger partial charge in [0.1, 0.15) is 5.75 Å². The van der Waals surface area contributed by atoms with Gasteiger partial charge in [-0.2, -0.15) is 0 Å². The molecule has 2 N–H and O–H groups in total. The van der Waals surface area contributed by atoms with Crippen LogP contribution < -0.4 is 10.5 Å². The molecule has 0 aliphatic heterocycles. The highest BCUT2D eigenvalue weighted by molar-refractivity contribution is 6.31. The van der Waals surface area contributed by atoms with Crippen LogP contribution >= 0.6 is 11.6 Å². The third-order valence-electron chi connectivity index (χ3n) is 2.98. The standard InChI is InChI=1S/C16H18ClNO/c1-2-19-13-8-9-15(17)14(11-13)16(18)10-12-6-4-3-5-7-12/h3-9,11,16H,2,10,18H2,1H3. The summed E-state index contributed by atoms with van der Waals surface area (Å²) in [6.07, 6.45) is 0.760. The highest BCUT2D eigenvalue weighted by atomic mass is 35.5. The summed E-state index contributed by atoms with van der Waals surface area (Å²) in [5.74, 6) is 0.811. The van der Waals surface area contributed by atoms with Gasteiger partial charge in [-0.15, -0.1) is 0 Å². The lowest BCUT2D eigenvalue weighted by atomic mass is 9.99. The molecule has 0 aromatic heterocycles. The van der Waals surface area contributed by atoms with Gasteiger partial charge < -0.3 is 10.5 Å². The van der Waals surface area contributed by atoms with Crippen LogP contribution in [0.15, 0.2) is 48.5 Å². The Hall–Kier alpha value is -1.51. The molecule has 0 aliphatic carbocycles. The van der Waals surface area contributed by atoms with Crippen LogP contribution in [0.5, 0.6) is 5.75 Å². The quantitative estimate of drug-likeness (QED) is 0.896. The molecule has 0 aliphatic rings. The average Bonchev–Trinajstić information content (AvgIpc) is 2.42. The molecule has 1 unspecified atom stereocenters. The minimum atomic E-state index is -0.129. The van der Waals surface area contributed by atoms with E-state index in [1.54, 1.807) is 0 Å². The minimum Gasteiger partial charge on any atom is -0.494 e. The summed E-state index contributed by atoms with van der Waals surface area (Å²) < 4.78 is 5.49. The molecule has 2 rings (SSSR count). The first kappa shape index (κ1) is 13.9. The van der Waals surface area contributed by atoms with E-state index >= 15 is 0 Å². The molecule has 19 heavy (non-hydrogen) atoms. The molecule has 0 fully saturated rings. The van der Waals surface area contributed by atoms with Crippen LogP contribution in [0.1, 0.15) is 24.1 Å². The van der Waals surface area contributed by atoms with Crippen molar-refractivity contribution in [2.75, 3.05) is 6.61 Å². The normalized spacial score (nSPS) is 12.2. The van der Waals surface area contributed by atoms with Crippen molar-refractivity contribution in [2.24, 2.45) is 5.73 Å². The van der Waals surface area contributed by atoms with Crippen molar-refractivity contribution in [3.63, 3.8) is 0 Å². The minimum absolute atomic E-state index is 0.129. The summed E-state index contributed by atoms with van der Waals surface area (Å²) in [7, 11) is 0. The first-order valence-electron chi connectivity index (χ1n) is 6.42. The van der Waals surface area contributed by atoms with Gasteiger partial charge in [0.15, 0.2) is 0 Å². The predicted octanol–water partition coefficient (Wildman–Crippen LogP) is 3.98. The molecule has 2 aromatic carbocycles. The second kappa shape index (κ2) is 6.60. The molecule has 0 saturated heterocycles. The maximum atomic E-state index is 6.25. The van der Waals surface area contributed by atoms with Gasteiger partial charge in [0.2, 0.25) is 0 Å². The van der Waals surface area contributed by atoms with E-state index in [9.17, 15) is 0 Å². The SMILES string of the molecule is CCOc1ccc(Cl)c(C(N)Cc2ccccc2)c1. The number of hydrogen-bond acceptors (Lipinski definition) is 2. The largest absolute Gasteiger partial charge is 0.494 e. The summed E-state index contributed by atoms with van der Waals surface area (Å²) in [5.41, 5.74) is 8.38. The van der Waals surface area contributed by atoms with Crippen LogP contribution in [0.2, 0.25) is 5.02 Å². The molecule has 0 heterocycles. The molecule has 1 atom stereocenters. The highest BCUT2D eigenvalue weighted by Crippen LogP contribution is 2.28. The monoisotopic (exact) mass is 275 g/mol. The molecule has 100 valence electrons. The zero-order valence-corrected chi connectivity index (χ0v) is 11.7. The number of halogens is 1. The van der Waals surface area contributed by atoms with E-state index in [0.29, 0.717) is 11.6 Å². The van der Waals surface area contributed by atoms with Crippen molar-refractivity contribution in [3.8, 4) is 5.75 Å². The molecule has 0 radical (unpaired) electrons. The third-order valence-corrected chi connectivity index (χ3v) is 3.32. The molecule has 0 bridgehead atoms. The zero-order chi connectivity index (χ0) is 13.7. The van der Waals surface area contributed by atoms with Gasteiger partial charge in [-0.3, -0.25) is 0 Å². The number of hydrogen-bond donors (Lipinski definition) is 1. The molecule has 2 nitrogen and oxygen atoms in total. The van der Waals surface area contributed by atoms with Crippen molar-refractivity contribution in [1.82, 2.24) is 0 Å². The van der Waals surface area contributed by atoms with Gasteiger partial charge in [-0.1, -0.05) is 41.9 Å². The Balaban J connectivity index is 2.18. The highest BCUT2D eigenvalue weighted by Gasteiger charge is 2.12. The summed E-state index contributed by atoms with van der Waals surface area (Å²) in [6.45, 7) is 2.59. The van der Waals surface area contributed by atoms with Crippen LogP contribution in [-0.2, 0) is 6.42 Å². The lowest BCUT2D eigenvalue weighted by Crippen LogP contribution is -2.14. The van der Waals surface area contributed by atoms with Gasteiger partial charge in [-0.25, -0.2) is 0 Å².